The van der Waals surface area contributed by atoms with Gasteiger partial charge in [0.15, 0.2) is 6.10 Å². The van der Waals surface area contributed by atoms with Crippen LogP contribution in [0.5, 0.6) is 0 Å². The van der Waals surface area contributed by atoms with E-state index >= 15 is 0 Å². The molecule has 0 aliphatic heterocycles. The maximum atomic E-state index is 13.0. The molecule has 0 aromatic heterocycles. The molecule has 0 spiro atoms. The Morgan fingerprint density at radius 3 is 0.738 bits per heavy atom. The summed E-state index contributed by atoms with van der Waals surface area (Å²) < 4.78 is 39.8. The van der Waals surface area contributed by atoms with Gasteiger partial charge in [-0.3, -0.25) is 23.4 Å². The predicted molar refractivity (Wildman–Crippen MR) is 335 cm³/mol. The normalized spacial score (nSPS) is 13.1. The van der Waals surface area contributed by atoms with Gasteiger partial charge in [0.05, 0.1) is 19.8 Å². The third-order valence-electron chi connectivity index (χ3n) is 16.0. The van der Waals surface area contributed by atoms with E-state index in [1.807, 2.05) is 0 Å². The van der Waals surface area contributed by atoms with E-state index in [9.17, 15) is 28.9 Å². The highest BCUT2D eigenvalue weighted by Crippen LogP contribution is 2.43. The minimum absolute atomic E-state index is 0.179. The van der Waals surface area contributed by atoms with Crippen molar-refractivity contribution in [3.05, 3.63) is 0 Å². The van der Waals surface area contributed by atoms with Gasteiger partial charge in [-0.15, -0.1) is 0 Å². The molecule has 11 nitrogen and oxygen atoms in total. The first kappa shape index (κ1) is 78.5. The van der Waals surface area contributed by atoms with E-state index in [1.54, 1.807) is 0 Å². The second-order valence-corrected chi connectivity index (χ2v) is 25.5. The van der Waals surface area contributed by atoms with E-state index in [0.29, 0.717) is 19.3 Å². The lowest BCUT2D eigenvalue weighted by Crippen LogP contribution is -2.30. The highest BCUT2D eigenvalue weighted by molar-refractivity contribution is 7.47. The maximum Gasteiger partial charge on any atom is 0.472 e. The van der Waals surface area contributed by atoms with E-state index in [-0.39, 0.29) is 25.9 Å². The summed E-state index contributed by atoms with van der Waals surface area (Å²) in [6.45, 7) is 4.77. The third-order valence-corrected chi connectivity index (χ3v) is 17.0. The van der Waals surface area contributed by atoms with Crippen LogP contribution >= 0.6 is 7.82 Å². The van der Waals surface area contributed by atoms with Crippen molar-refractivity contribution in [1.82, 2.24) is 0 Å². The molecule has 476 valence electrons. The van der Waals surface area contributed by atoms with Crippen molar-refractivity contribution in [1.29, 1.82) is 0 Å². The molecular weight excluding hydrogens is 1020 g/mol. The van der Waals surface area contributed by atoms with E-state index in [1.165, 1.54) is 263 Å². The first-order chi connectivity index (χ1) is 39.2. The molecule has 0 fully saturated rings. The van der Waals surface area contributed by atoms with Gasteiger partial charge < -0.3 is 24.2 Å². The monoisotopic (exact) mass is 1160 g/mol. The lowest BCUT2D eigenvalue weighted by atomic mass is 10.0. The van der Waals surface area contributed by atoms with Crippen molar-refractivity contribution in [2.24, 2.45) is 0 Å². The highest BCUT2D eigenvalue weighted by Gasteiger charge is 2.28. The molecule has 12 heteroatoms. The number of aliphatic hydroxyl groups is 1. The molecule has 0 aromatic carbocycles. The molecule has 0 saturated carbocycles. The number of hydrogen-bond donors (Lipinski definition) is 2. The SMILES string of the molecule is CCCCCCCCCCCCCCCCCCCCCC(=O)OCC(COP(=O)(O)OCC(CO)OC(=O)CCCCCCCCCCCCCCCCC)OC(=O)CCCCCCCCCCCCCCCCCCCCC. The van der Waals surface area contributed by atoms with Crippen LogP contribution in [-0.4, -0.2) is 66.5 Å². The number of phosphoric ester groups is 1. The molecule has 0 heterocycles. The minimum Gasteiger partial charge on any atom is -0.462 e. The number of aliphatic hydroxyl groups excluding tert-OH is 1. The van der Waals surface area contributed by atoms with Crippen LogP contribution in [0.25, 0.3) is 0 Å². The number of rotatable bonds is 67. The van der Waals surface area contributed by atoms with Crippen molar-refractivity contribution >= 4 is 25.7 Å². The lowest BCUT2D eigenvalue weighted by molar-refractivity contribution is -0.161. The van der Waals surface area contributed by atoms with Crippen LogP contribution in [0, 0.1) is 0 Å². The Morgan fingerprint density at radius 1 is 0.300 bits per heavy atom. The minimum atomic E-state index is -4.74. The van der Waals surface area contributed by atoms with E-state index < -0.39 is 57.8 Å². The van der Waals surface area contributed by atoms with Crippen LogP contribution < -0.4 is 0 Å². The lowest BCUT2D eigenvalue weighted by Gasteiger charge is -2.21. The fraction of sp³-hybridized carbons (Fsp3) is 0.956. The quantitative estimate of drug-likeness (QED) is 0.0259. The molecule has 80 heavy (non-hydrogen) atoms. The molecule has 0 aliphatic rings. The number of ether oxygens (including phenoxy) is 3. The first-order valence-electron chi connectivity index (χ1n) is 34.9. The second-order valence-electron chi connectivity index (χ2n) is 24.1. The largest absolute Gasteiger partial charge is 0.472 e. The predicted octanol–water partition coefficient (Wildman–Crippen LogP) is 21.4. The van der Waals surface area contributed by atoms with Crippen molar-refractivity contribution in [3.63, 3.8) is 0 Å². The molecule has 0 radical (unpaired) electrons. The number of unbranched alkanes of at least 4 members (excludes halogenated alkanes) is 50. The molecular formula is C68H133O11P. The van der Waals surface area contributed by atoms with Gasteiger partial charge in [-0.25, -0.2) is 4.57 Å². The molecule has 2 N–H and O–H groups in total. The highest BCUT2D eigenvalue weighted by atomic mass is 31.2. The van der Waals surface area contributed by atoms with Crippen molar-refractivity contribution in [3.8, 4) is 0 Å². The van der Waals surface area contributed by atoms with Crippen LogP contribution in [0.15, 0.2) is 0 Å². The number of hydrogen-bond acceptors (Lipinski definition) is 10. The van der Waals surface area contributed by atoms with Gasteiger partial charge in [0.1, 0.15) is 12.7 Å². The van der Waals surface area contributed by atoms with Gasteiger partial charge in [0.2, 0.25) is 0 Å². The number of phosphoric acid groups is 1. The first-order valence-corrected chi connectivity index (χ1v) is 36.4. The van der Waals surface area contributed by atoms with Crippen molar-refractivity contribution in [2.75, 3.05) is 26.4 Å². The average molecular weight is 1160 g/mol. The van der Waals surface area contributed by atoms with Crippen LogP contribution in [0.1, 0.15) is 380 Å². The second kappa shape index (κ2) is 63.5. The van der Waals surface area contributed by atoms with Gasteiger partial charge in [-0.2, -0.15) is 0 Å². The van der Waals surface area contributed by atoms with Crippen molar-refractivity contribution < 1.29 is 52.2 Å². The Hall–Kier alpha value is -1.52. The zero-order chi connectivity index (χ0) is 58.3. The summed E-state index contributed by atoms with van der Waals surface area (Å²) in [7, 11) is -4.74. The van der Waals surface area contributed by atoms with Crippen LogP contribution in [0.3, 0.4) is 0 Å². The third kappa shape index (κ3) is 61.1. The molecule has 0 aromatic rings. The zero-order valence-corrected chi connectivity index (χ0v) is 54.0. The number of esters is 3. The van der Waals surface area contributed by atoms with Crippen LogP contribution in [0.2, 0.25) is 0 Å². The van der Waals surface area contributed by atoms with Crippen molar-refractivity contribution in [2.45, 2.75) is 393 Å². The smallest absolute Gasteiger partial charge is 0.462 e. The Morgan fingerprint density at radius 2 is 0.500 bits per heavy atom. The van der Waals surface area contributed by atoms with Gasteiger partial charge in [0.25, 0.3) is 0 Å². The van der Waals surface area contributed by atoms with E-state index in [4.69, 9.17) is 23.3 Å². The summed E-state index contributed by atoms with van der Waals surface area (Å²) in [6.07, 6.45) is 64.8. The molecule has 0 aliphatic carbocycles. The van der Waals surface area contributed by atoms with Gasteiger partial charge in [-0.05, 0) is 19.3 Å². The Kier molecular flexibility index (Phi) is 62.3. The van der Waals surface area contributed by atoms with Crippen LogP contribution in [-0.2, 0) is 42.2 Å². The Labute approximate surface area is 494 Å². The molecule has 3 unspecified atom stereocenters. The molecule has 0 rings (SSSR count). The van der Waals surface area contributed by atoms with Crippen LogP contribution in [0.4, 0.5) is 0 Å². The summed E-state index contributed by atoms with van der Waals surface area (Å²) in [5.41, 5.74) is 0. The number of carbonyl (C=O) groups excluding carboxylic acids is 3. The van der Waals surface area contributed by atoms with Gasteiger partial charge in [0, 0.05) is 19.3 Å². The standard InChI is InChI=1S/C68H133O11P/c1-4-7-10-13-16-19-22-25-28-30-32-34-37-39-42-45-48-51-54-57-66(70)75-61-65(79-68(72)59-56-53-50-47-44-41-38-35-33-31-29-26-23-20-17-14-11-8-5-2)63-77-80(73,74)76-62-64(60-69)78-67(71)58-55-52-49-46-43-40-36-27-24-21-18-15-12-9-6-3/h64-65,69H,4-63H2,1-3H3,(H,73,74). The molecule has 0 bridgehead atoms. The Bertz CT molecular complexity index is 1350. The van der Waals surface area contributed by atoms with E-state index in [2.05, 4.69) is 20.8 Å². The summed E-state index contributed by atoms with van der Waals surface area (Å²) in [6, 6.07) is 0. The maximum absolute atomic E-state index is 13.0. The summed E-state index contributed by atoms with van der Waals surface area (Å²) in [5.74, 6) is -1.41. The number of carbonyl (C=O) groups is 3. The zero-order valence-electron chi connectivity index (χ0n) is 53.1. The summed E-state index contributed by atoms with van der Waals surface area (Å²) in [4.78, 5) is 48.9. The van der Waals surface area contributed by atoms with Gasteiger partial charge >= 0.3 is 25.7 Å². The topological polar surface area (TPSA) is 155 Å². The molecule has 0 amide bonds. The fourth-order valence-electron chi connectivity index (χ4n) is 10.7. The van der Waals surface area contributed by atoms with E-state index in [0.717, 1.165) is 57.8 Å². The average Bonchev–Trinajstić information content (AvgIpc) is 3.45. The summed E-state index contributed by atoms with van der Waals surface area (Å²) in [5, 5.41) is 9.87. The molecule has 3 atom stereocenters. The Balaban J connectivity index is 4.60. The summed E-state index contributed by atoms with van der Waals surface area (Å²) >= 11 is 0. The fourth-order valence-corrected chi connectivity index (χ4v) is 11.5. The molecule has 0 saturated heterocycles. The van der Waals surface area contributed by atoms with Gasteiger partial charge in [-0.1, -0.05) is 342 Å².